The molecule has 410 valence electrons. The summed E-state index contributed by atoms with van der Waals surface area (Å²) >= 11 is 0. The zero-order valence-electron chi connectivity index (χ0n) is 45.3. The summed E-state index contributed by atoms with van der Waals surface area (Å²) in [7, 11) is -4.90. The molecule has 12 fully saturated rings. The van der Waals surface area contributed by atoms with Crippen molar-refractivity contribution in [1.82, 2.24) is 0 Å². The van der Waals surface area contributed by atoms with Crippen molar-refractivity contribution in [2.75, 3.05) is 0 Å². The van der Waals surface area contributed by atoms with E-state index in [0.717, 1.165) is 57.8 Å². The molecular weight excluding hydrogens is 1020 g/mol. The van der Waals surface area contributed by atoms with Crippen molar-refractivity contribution in [2.24, 2.45) is 69.5 Å². The Morgan fingerprint density at radius 3 is 0.675 bits per heavy atom. The quantitative estimate of drug-likeness (QED) is 0.0558. The predicted octanol–water partition coefficient (Wildman–Crippen LogP) is 16.7. The number of phosphoric ester groups is 1. The van der Waals surface area contributed by atoms with E-state index in [0.29, 0.717) is 104 Å². The summed E-state index contributed by atoms with van der Waals surface area (Å²) < 4.78 is 56.3. The highest BCUT2D eigenvalue weighted by atomic mass is 31.2. The standard InChI is InChI=1S/C69H69O10P/c70-64(67-34-43-25-44(35-67)27-45(26-43)36-67)74-58-19-7-1-13-52(58)55-16-4-10-22-61(55)77-80(73,78-62-23-11-5-17-56(62)53-14-2-8-20-59(53)75-65(71)68-37-46-28-47(38-68)30-48(29-46)39-68)79-63-24-12-6-18-57(63)54-15-3-9-21-60(54)76-66(72)69-40-49-31-50(41-69)33-51(32-49)42-69/h1-24,43-51H,25-42H2. The van der Waals surface area contributed by atoms with Crippen molar-refractivity contribution >= 4 is 25.7 Å². The molecule has 0 heterocycles. The van der Waals surface area contributed by atoms with E-state index >= 15 is 4.57 Å². The highest BCUT2D eigenvalue weighted by Gasteiger charge is 2.58. The van der Waals surface area contributed by atoms with Gasteiger partial charge in [0.05, 0.1) is 16.2 Å². The first kappa shape index (κ1) is 50.3. The molecule has 0 N–H and O–H groups in total. The average molecular weight is 1090 g/mol. The summed E-state index contributed by atoms with van der Waals surface area (Å²) in [6.45, 7) is 0. The van der Waals surface area contributed by atoms with E-state index < -0.39 is 24.1 Å². The third-order valence-electron chi connectivity index (χ3n) is 20.8. The molecule has 12 saturated carbocycles. The molecule has 0 aliphatic heterocycles. The summed E-state index contributed by atoms with van der Waals surface area (Å²) in [5.74, 6) is 6.17. The molecule has 0 spiro atoms. The van der Waals surface area contributed by atoms with Crippen LogP contribution in [0.5, 0.6) is 34.5 Å². The Kier molecular flexibility index (Phi) is 12.3. The van der Waals surface area contributed by atoms with E-state index in [2.05, 4.69) is 0 Å². The maximum absolute atomic E-state index is 16.4. The highest BCUT2D eigenvalue weighted by Crippen LogP contribution is 2.64. The van der Waals surface area contributed by atoms with Crippen LogP contribution in [-0.4, -0.2) is 17.9 Å². The van der Waals surface area contributed by atoms with Crippen molar-refractivity contribution < 1.29 is 46.7 Å². The molecule has 0 radical (unpaired) electrons. The molecule has 12 bridgehead atoms. The maximum atomic E-state index is 16.4. The van der Waals surface area contributed by atoms with Crippen LogP contribution in [0.15, 0.2) is 146 Å². The van der Waals surface area contributed by atoms with Crippen LogP contribution in [0.4, 0.5) is 0 Å². The van der Waals surface area contributed by atoms with Crippen LogP contribution in [0.2, 0.25) is 0 Å². The van der Waals surface area contributed by atoms with Crippen LogP contribution in [0.1, 0.15) is 116 Å². The first-order chi connectivity index (χ1) is 38.9. The van der Waals surface area contributed by atoms with Gasteiger partial charge in [-0.1, -0.05) is 109 Å². The van der Waals surface area contributed by atoms with Crippen LogP contribution in [0.25, 0.3) is 33.4 Å². The molecule has 12 aliphatic rings. The average Bonchev–Trinajstić information content (AvgIpc) is 3.60. The minimum absolute atomic E-state index is 0.166. The van der Waals surface area contributed by atoms with Gasteiger partial charge in [0, 0.05) is 33.4 Å². The van der Waals surface area contributed by atoms with Crippen molar-refractivity contribution in [1.29, 1.82) is 0 Å². The Morgan fingerprint density at radius 2 is 0.463 bits per heavy atom. The number of rotatable bonds is 15. The zero-order valence-corrected chi connectivity index (χ0v) is 46.2. The molecule has 0 saturated heterocycles. The van der Waals surface area contributed by atoms with Gasteiger partial charge in [-0.05, 0) is 205 Å². The van der Waals surface area contributed by atoms with Crippen LogP contribution in [-0.2, 0) is 18.9 Å². The Morgan fingerprint density at radius 1 is 0.287 bits per heavy atom. The lowest BCUT2D eigenvalue weighted by Gasteiger charge is -2.55. The van der Waals surface area contributed by atoms with Crippen molar-refractivity contribution in [2.45, 2.75) is 116 Å². The van der Waals surface area contributed by atoms with Gasteiger partial charge in [-0.15, -0.1) is 0 Å². The number of hydrogen-bond donors (Lipinski definition) is 0. The van der Waals surface area contributed by atoms with Gasteiger partial charge in [-0.3, -0.25) is 14.4 Å². The zero-order chi connectivity index (χ0) is 53.8. The number of phosphoric acid groups is 1. The number of esters is 3. The van der Waals surface area contributed by atoms with E-state index in [1.807, 2.05) is 109 Å². The van der Waals surface area contributed by atoms with Crippen molar-refractivity contribution in [3.8, 4) is 67.9 Å². The number of carbonyl (C=O) groups excluding carboxylic acids is 3. The van der Waals surface area contributed by atoms with E-state index in [4.69, 9.17) is 27.8 Å². The summed E-state index contributed by atoms with van der Waals surface area (Å²) in [6.07, 6.45) is 18.6. The summed E-state index contributed by atoms with van der Waals surface area (Å²) in [5, 5.41) is 0. The first-order valence-corrected chi connectivity index (χ1v) is 31.3. The molecule has 0 unspecified atom stereocenters. The second-order valence-electron chi connectivity index (χ2n) is 26.5. The van der Waals surface area contributed by atoms with Crippen molar-refractivity contribution in [3.05, 3.63) is 146 Å². The number of benzene rings is 6. The fourth-order valence-corrected chi connectivity index (χ4v) is 20.1. The normalized spacial score (nSPS) is 32.4. The molecule has 11 heteroatoms. The lowest BCUT2D eigenvalue weighted by molar-refractivity contribution is -0.162. The van der Waals surface area contributed by atoms with Crippen molar-refractivity contribution in [3.63, 3.8) is 0 Å². The lowest BCUT2D eigenvalue weighted by atomic mass is 9.49. The van der Waals surface area contributed by atoms with Crippen LogP contribution < -0.4 is 27.8 Å². The van der Waals surface area contributed by atoms with E-state index in [1.165, 1.54) is 57.8 Å². The topological polar surface area (TPSA) is 124 Å². The van der Waals surface area contributed by atoms with Gasteiger partial charge < -0.3 is 27.8 Å². The fraction of sp³-hybridized carbons (Fsp3) is 0.435. The van der Waals surface area contributed by atoms with Gasteiger partial charge in [0.15, 0.2) is 0 Å². The molecule has 6 aromatic carbocycles. The maximum Gasteiger partial charge on any atom is 0.647 e. The summed E-state index contributed by atoms with van der Waals surface area (Å²) in [4.78, 5) is 43.6. The molecule has 0 amide bonds. The molecule has 18 rings (SSSR count). The number of ether oxygens (including phenoxy) is 3. The molecule has 6 aromatic rings. The van der Waals surface area contributed by atoms with Gasteiger partial charge >= 0.3 is 25.7 Å². The third-order valence-corrected chi connectivity index (χ3v) is 22.1. The SMILES string of the molecule is O=C(Oc1ccccc1-c1ccccc1OP(=O)(Oc1ccccc1-c1ccccc1OC(=O)C12CC3CC(CC(C3)C1)C2)Oc1ccccc1-c1ccccc1OC(=O)C12CC3CC(CC(C3)C1)C2)C12CC3CC(CC(C3)C1)C2. The Balaban J connectivity index is 0.783. The van der Waals surface area contributed by atoms with E-state index in [-0.39, 0.29) is 35.2 Å². The second-order valence-corrected chi connectivity index (χ2v) is 27.9. The molecular formula is C69H69O10P. The smallest absolute Gasteiger partial charge is 0.425 e. The monoisotopic (exact) mass is 1090 g/mol. The Labute approximate surface area is 468 Å². The molecule has 0 atom stereocenters. The molecule has 80 heavy (non-hydrogen) atoms. The summed E-state index contributed by atoms with van der Waals surface area (Å²) in [6, 6.07) is 43.9. The third kappa shape index (κ3) is 9.07. The highest BCUT2D eigenvalue weighted by molar-refractivity contribution is 7.49. The predicted molar refractivity (Wildman–Crippen MR) is 304 cm³/mol. The second kappa shape index (κ2) is 19.5. The largest absolute Gasteiger partial charge is 0.647 e. The van der Waals surface area contributed by atoms with Crippen LogP contribution in [0.3, 0.4) is 0 Å². The van der Waals surface area contributed by atoms with Gasteiger partial charge in [0.25, 0.3) is 0 Å². The van der Waals surface area contributed by atoms with Gasteiger partial charge in [0.2, 0.25) is 0 Å². The fourth-order valence-electron chi connectivity index (χ4n) is 18.8. The molecule has 0 aromatic heterocycles. The van der Waals surface area contributed by atoms with Crippen LogP contribution in [0, 0.1) is 69.5 Å². The Hall–Kier alpha value is -6.64. The minimum atomic E-state index is -4.90. The lowest BCUT2D eigenvalue weighted by Crippen LogP contribution is -2.51. The Bertz CT molecular complexity index is 3020. The van der Waals surface area contributed by atoms with E-state index in [1.54, 1.807) is 36.4 Å². The molecule has 10 nitrogen and oxygen atoms in total. The summed E-state index contributed by atoms with van der Waals surface area (Å²) in [5.41, 5.74) is 1.81. The first-order valence-electron chi connectivity index (χ1n) is 29.8. The minimum Gasteiger partial charge on any atom is -0.425 e. The number of carbonyl (C=O) groups is 3. The van der Waals surface area contributed by atoms with Gasteiger partial charge in [0.1, 0.15) is 34.5 Å². The van der Waals surface area contributed by atoms with Gasteiger partial charge in [-0.2, -0.15) is 4.57 Å². The number of para-hydroxylation sites is 6. The molecule has 12 aliphatic carbocycles. The van der Waals surface area contributed by atoms with Crippen LogP contribution >= 0.6 is 7.82 Å². The number of hydrogen-bond acceptors (Lipinski definition) is 10. The van der Waals surface area contributed by atoms with Gasteiger partial charge in [-0.25, -0.2) is 0 Å². The van der Waals surface area contributed by atoms with E-state index in [9.17, 15) is 14.4 Å².